The molecule has 128 valence electrons. The van der Waals surface area contributed by atoms with Gasteiger partial charge in [-0.2, -0.15) is 5.10 Å². The van der Waals surface area contributed by atoms with Gasteiger partial charge in [-0.1, -0.05) is 0 Å². The lowest BCUT2D eigenvalue weighted by Crippen LogP contribution is -2.24. The Kier molecular flexibility index (Phi) is 5.55. The van der Waals surface area contributed by atoms with Crippen LogP contribution in [0.1, 0.15) is 25.6 Å². The highest BCUT2D eigenvalue weighted by Crippen LogP contribution is 2.30. The molecule has 0 saturated carbocycles. The number of carbonyl (C=O) groups is 1. The van der Waals surface area contributed by atoms with E-state index >= 15 is 0 Å². The van der Waals surface area contributed by atoms with Crippen LogP contribution in [0.15, 0.2) is 28.9 Å². The van der Waals surface area contributed by atoms with Crippen LogP contribution in [-0.2, 0) is 4.79 Å². The second kappa shape index (κ2) is 7.43. The fourth-order valence-electron chi connectivity index (χ4n) is 2.04. The molecule has 0 aliphatic rings. The summed E-state index contributed by atoms with van der Waals surface area (Å²) in [5.41, 5.74) is 0.643. The van der Waals surface area contributed by atoms with Gasteiger partial charge in [0.1, 0.15) is 17.5 Å². The van der Waals surface area contributed by atoms with E-state index in [1.54, 1.807) is 26.1 Å². The molecular formula is C15H17BrN4O4. The number of nitro benzene ring substituents is 1. The third kappa shape index (κ3) is 3.91. The fraction of sp³-hybridized carbons (Fsp3) is 0.333. The molecule has 2 rings (SSSR count). The summed E-state index contributed by atoms with van der Waals surface area (Å²) in [5.74, 6) is -0.0286. The standard InChI is InChI=1S/C15H17BrN4O4/c1-4-24-11-5-6-13(14(7-11)20(22)23)17-15(21)10(3)19-8-12(16)9(2)18-19/h5-8,10H,4H2,1-3H3,(H,17,21). The lowest BCUT2D eigenvalue weighted by Gasteiger charge is -2.13. The number of hydrogen-bond acceptors (Lipinski definition) is 5. The highest BCUT2D eigenvalue weighted by atomic mass is 79.9. The number of nitrogens with zero attached hydrogens (tertiary/aromatic N) is 3. The second-order valence-electron chi connectivity index (χ2n) is 5.08. The van der Waals surface area contributed by atoms with Crippen molar-refractivity contribution in [2.75, 3.05) is 11.9 Å². The van der Waals surface area contributed by atoms with Gasteiger partial charge in [0, 0.05) is 6.20 Å². The minimum Gasteiger partial charge on any atom is -0.494 e. The molecule has 1 unspecified atom stereocenters. The number of halogens is 1. The maximum absolute atomic E-state index is 12.4. The van der Waals surface area contributed by atoms with E-state index in [9.17, 15) is 14.9 Å². The monoisotopic (exact) mass is 396 g/mol. The third-order valence-electron chi connectivity index (χ3n) is 3.37. The molecule has 9 heteroatoms. The Morgan fingerprint density at radius 2 is 2.25 bits per heavy atom. The lowest BCUT2D eigenvalue weighted by molar-refractivity contribution is -0.384. The number of ether oxygens (including phenoxy) is 1. The molecule has 0 radical (unpaired) electrons. The molecule has 1 N–H and O–H groups in total. The zero-order chi connectivity index (χ0) is 17.9. The van der Waals surface area contributed by atoms with Crippen LogP contribution in [0.5, 0.6) is 5.75 Å². The van der Waals surface area contributed by atoms with Crippen molar-refractivity contribution in [1.29, 1.82) is 0 Å². The van der Waals surface area contributed by atoms with Gasteiger partial charge in [0.05, 0.1) is 27.8 Å². The Balaban J connectivity index is 2.23. The third-order valence-corrected chi connectivity index (χ3v) is 4.15. The molecule has 0 aliphatic carbocycles. The first-order chi connectivity index (χ1) is 11.3. The predicted octanol–water partition coefficient (Wildman–Crippen LogP) is 3.46. The van der Waals surface area contributed by atoms with Crippen LogP contribution < -0.4 is 10.1 Å². The molecule has 0 fully saturated rings. The second-order valence-corrected chi connectivity index (χ2v) is 5.93. The highest BCUT2D eigenvalue weighted by Gasteiger charge is 2.22. The average Bonchev–Trinajstić information content (AvgIpc) is 2.87. The smallest absolute Gasteiger partial charge is 0.296 e. The van der Waals surface area contributed by atoms with Gasteiger partial charge in [0.15, 0.2) is 0 Å². The number of rotatable bonds is 6. The first-order valence-electron chi connectivity index (χ1n) is 7.26. The molecule has 24 heavy (non-hydrogen) atoms. The number of benzene rings is 1. The molecule has 1 aromatic heterocycles. The van der Waals surface area contributed by atoms with Gasteiger partial charge in [0.25, 0.3) is 5.69 Å². The topological polar surface area (TPSA) is 99.3 Å². The molecule has 1 heterocycles. The number of aryl methyl sites for hydroxylation is 1. The predicted molar refractivity (Wildman–Crippen MR) is 92.3 cm³/mol. The van der Waals surface area contributed by atoms with E-state index < -0.39 is 16.9 Å². The number of carbonyl (C=O) groups excluding carboxylic acids is 1. The molecule has 1 atom stereocenters. The van der Waals surface area contributed by atoms with Crippen LogP contribution in [0, 0.1) is 17.0 Å². The van der Waals surface area contributed by atoms with Gasteiger partial charge < -0.3 is 10.1 Å². The Hall–Kier alpha value is -2.42. The van der Waals surface area contributed by atoms with Crippen molar-refractivity contribution in [3.05, 3.63) is 44.7 Å². The van der Waals surface area contributed by atoms with Gasteiger partial charge in [-0.15, -0.1) is 0 Å². The van der Waals surface area contributed by atoms with Crippen LogP contribution >= 0.6 is 15.9 Å². The number of hydrogen-bond donors (Lipinski definition) is 1. The van der Waals surface area contributed by atoms with Crippen LogP contribution in [0.3, 0.4) is 0 Å². The summed E-state index contributed by atoms with van der Waals surface area (Å²) in [6.45, 7) is 5.65. The fourth-order valence-corrected chi connectivity index (χ4v) is 2.33. The van der Waals surface area contributed by atoms with Gasteiger partial charge in [-0.3, -0.25) is 19.6 Å². The van der Waals surface area contributed by atoms with Crippen LogP contribution in [-0.4, -0.2) is 27.2 Å². The van der Waals surface area contributed by atoms with Crippen molar-refractivity contribution in [3.63, 3.8) is 0 Å². The Bertz CT molecular complexity index is 755. The Morgan fingerprint density at radius 3 is 2.79 bits per heavy atom. The molecule has 0 spiro atoms. The summed E-state index contributed by atoms with van der Waals surface area (Å²) in [4.78, 5) is 23.0. The SMILES string of the molecule is CCOc1ccc(NC(=O)C(C)n2cc(Br)c(C)n2)c([N+](=O)[O-])c1. The van der Waals surface area contributed by atoms with Crippen molar-refractivity contribution in [3.8, 4) is 5.75 Å². The van der Waals surface area contributed by atoms with E-state index in [1.165, 1.54) is 16.8 Å². The lowest BCUT2D eigenvalue weighted by atomic mass is 10.2. The van der Waals surface area contributed by atoms with E-state index in [0.29, 0.717) is 12.4 Å². The average molecular weight is 397 g/mol. The molecule has 0 saturated heterocycles. The summed E-state index contributed by atoms with van der Waals surface area (Å²) in [6.07, 6.45) is 1.69. The first kappa shape index (κ1) is 17.9. The quantitative estimate of drug-likeness (QED) is 0.595. The van der Waals surface area contributed by atoms with Gasteiger partial charge >= 0.3 is 0 Å². The molecule has 1 aromatic carbocycles. The van der Waals surface area contributed by atoms with Crippen LogP contribution in [0.2, 0.25) is 0 Å². The van der Waals surface area contributed by atoms with Gasteiger partial charge in [0.2, 0.25) is 5.91 Å². The molecule has 0 bridgehead atoms. The number of anilines is 1. The van der Waals surface area contributed by atoms with E-state index in [1.807, 2.05) is 6.92 Å². The van der Waals surface area contributed by atoms with E-state index in [4.69, 9.17) is 4.74 Å². The highest BCUT2D eigenvalue weighted by molar-refractivity contribution is 9.10. The van der Waals surface area contributed by atoms with Crippen LogP contribution in [0.25, 0.3) is 0 Å². The summed E-state index contributed by atoms with van der Waals surface area (Å²) in [6, 6.07) is 3.70. The van der Waals surface area contributed by atoms with Crippen molar-refractivity contribution in [1.82, 2.24) is 9.78 Å². The summed E-state index contributed by atoms with van der Waals surface area (Å²) >= 11 is 3.34. The molecule has 8 nitrogen and oxygen atoms in total. The Morgan fingerprint density at radius 1 is 1.54 bits per heavy atom. The van der Waals surface area contributed by atoms with Crippen LogP contribution in [0.4, 0.5) is 11.4 Å². The van der Waals surface area contributed by atoms with Gasteiger partial charge in [-0.25, -0.2) is 0 Å². The Labute approximate surface area is 147 Å². The first-order valence-corrected chi connectivity index (χ1v) is 8.06. The largest absolute Gasteiger partial charge is 0.494 e. The zero-order valence-corrected chi connectivity index (χ0v) is 15.0. The maximum Gasteiger partial charge on any atom is 0.296 e. The number of nitrogens with one attached hydrogen (secondary N) is 1. The number of nitro groups is 1. The minimum atomic E-state index is -0.624. The minimum absolute atomic E-state index is 0.114. The van der Waals surface area contributed by atoms with Crippen molar-refractivity contribution < 1.29 is 14.5 Å². The number of amides is 1. The van der Waals surface area contributed by atoms with Gasteiger partial charge in [-0.05, 0) is 48.8 Å². The zero-order valence-electron chi connectivity index (χ0n) is 13.4. The normalized spacial score (nSPS) is 11.8. The van der Waals surface area contributed by atoms with Crippen molar-refractivity contribution in [2.24, 2.45) is 0 Å². The van der Waals surface area contributed by atoms with Crippen molar-refractivity contribution in [2.45, 2.75) is 26.8 Å². The summed E-state index contributed by atoms with van der Waals surface area (Å²) < 4.78 is 7.53. The maximum atomic E-state index is 12.4. The summed E-state index contributed by atoms with van der Waals surface area (Å²) in [7, 11) is 0. The van der Waals surface area contributed by atoms with E-state index in [-0.39, 0.29) is 11.4 Å². The van der Waals surface area contributed by atoms with E-state index in [0.717, 1.165) is 10.2 Å². The van der Waals surface area contributed by atoms with E-state index in [2.05, 4.69) is 26.3 Å². The summed E-state index contributed by atoms with van der Waals surface area (Å²) in [5, 5.41) is 18.0. The number of aromatic nitrogens is 2. The van der Waals surface area contributed by atoms with Crippen molar-refractivity contribution >= 4 is 33.2 Å². The molecule has 2 aromatic rings. The molecular weight excluding hydrogens is 380 g/mol. The molecule has 1 amide bonds. The molecule has 0 aliphatic heterocycles.